The van der Waals surface area contributed by atoms with E-state index in [0.717, 1.165) is 0 Å². The molecule has 0 atom stereocenters. The Bertz CT molecular complexity index is 688. The molecular formula is C13H7Cl4NO2. The summed E-state index contributed by atoms with van der Waals surface area (Å²) in [7, 11) is 0. The molecule has 0 amide bonds. The summed E-state index contributed by atoms with van der Waals surface area (Å²) in [5.41, 5.74) is 1.17. The van der Waals surface area contributed by atoms with E-state index in [4.69, 9.17) is 51.5 Å². The fourth-order valence-electron chi connectivity index (χ4n) is 1.65. The van der Waals surface area contributed by atoms with E-state index >= 15 is 0 Å². The number of halogens is 4. The minimum atomic E-state index is -0.985. The lowest BCUT2D eigenvalue weighted by Crippen LogP contribution is -2.03. The van der Waals surface area contributed by atoms with E-state index in [1.807, 2.05) is 0 Å². The number of aliphatic carboxylic acids is 1. The molecule has 7 heteroatoms. The van der Waals surface area contributed by atoms with E-state index in [1.54, 1.807) is 18.2 Å². The predicted molar refractivity (Wildman–Crippen MR) is 81.1 cm³/mol. The van der Waals surface area contributed by atoms with Crippen LogP contribution in [0.15, 0.2) is 24.3 Å². The number of pyridine rings is 1. The lowest BCUT2D eigenvalue weighted by Gasteiger charge is -2.09. The summed E-state index contributed by atoms with van der Waals surface area (Å²) >= 11 is 24.1. The molecule has 0 saturated carbocycles. The molecule has 2 aromatic rings. The third-order valence-corrected chi connectivity index (χ3v) is 3.81. The number of rotatable bonds is 3. The van der Waals surface area contributed by atoms with Gasteiger partial charge in [0.15, 0.2) is 0 Å². The Balaban J connectivity index is 2.60. The molecule has 0 spiro atoms. The van der Waals surface area contributed by atoms with Crippen molar-refractivity contribution in [2.24, 2.45) is 0 Å². The van der Waals surface area contributed by atoms with Crippen molar-refractivity contribution < 1.29 is 9.90 Å². The first kappa shape index (κ1) is 15.4. The fraction of sp³-hybridized carbons (Fsp3) is 0.0769. The fourth-order valence-corrected chi connectivity index (χ4v) is 2.55. The van der Waals surface area contributed by atoms with Gasteiger partial charge in [-0.3, -0.25) is 9.78 Å². The van der Waals surface area contributed by atoms with E-state index in [-0.39, 0.29) is 16.5 Å². The normalized spacial score (nSPS) is 10.6. The van der Waals surface area contributed by atoms with Crippen molar-refractivity contribution in [1.29, 1.82) is 0 Å². The number of carbonyl (C=O) groups is 1. The average molecular weight is 351 g/mol. The van der Waals surface area contributed by atoms with Crippen LogP contribution in [0.25, 0.3) is 11.3 Å². The summed E-state index contributed by atoms with van der Waals surface area (Å²) in [6.45, 7) is 0. The van der Waals surface area contributed by atoms with Gasteiger partial charge in [-0.15, -0.1) is 0 Å². The minimum absolute atomic E-state index is 0.212. The standard InChI is InChI=1S/C13H7Cl4NO2/c14-6-3-8(12(17)10(16)4-6)13-9(15)2-1-7(18-13)5-11(19)20/h1-4H,5H2,(H,19,20). The van der Waals surface area contributed by atoms with Crippen LogP contribution in [0.2, 0.25) is 20.1 Å². The van der Waals surface area contributed by atoms with Gasteiger partial charge in [-0.05, 0) is 24.3 Å². The van der Waals surface area contributed by atoms with Gasteiger partial charge in [0.05, 0.1) is 32.9 Å². The van der Waals surface area contributed by atoms with Crippen LogP contribution in [0, 0.1) is 0 Å². The van der Waals surface area contributed by atoms with Gasteiger partial charge in [-0.25, -0.2) is 0 Å². The average Bonchev–Trinajstić information content (AvgIpc) is 2.35. The van der Waals surface area contributed by atoms with Crippen LogP contribution in [0.5, 0.6) is 0 Å². The second kappa shape index (κ2) is 6.19. The Hall–Kier alpha value is -1.000. The van der Waals surface area contributed by atoms with E-state index in [1.165, 1.54) is 6.07 Å². The first-order chi connectivity index (χ1) is 9.38. The molecule has 0 aliphatic carbocycles. The summed E-state index contributed by atoms with van der Waals surface area (Å²) in [6.07, 6.45) is -0.212. The largest absolute Gasteiger partial charge is 0.481 e. The highest BCUT2D eigenvalue weighted by molar-refractivity contribution is 6.45. The maximum absolute atomic E-state index is 10.7. The number of carboxylic acid groups (broad SMARTS) is 1. The predicted octanol–water partition coefficient (Wildman–Crippen LogP) is 4.99. The SMILES string of the molecule is O=C(O)Cc1ccc(Cl)c(-c2cc(Cl)cc(Cl)c2Cl)n1. The molecule has 0 unspecified atom stereocenters. The highest BCUT2D eigenvalue weighted by atomic mass is 35.5. The van der Waals surface area contributed by atoms with Crippen LogP contribution < -0.4 is 0 Å². The van der Waals surface area contributed by atoms with Gasteiger partial charge in [0.25, 0.3) is 0 Å². The molecular weight excluding hydrogens is 344 g/mol. The zero-order chi connectivity index (χ0) is 14.9. The molecule has 1 aromatic heterocycles. The van der Waals surface area contributed by atoms with Gasteiger partial charge in [-0.1, -0.05) is 46.4 Å². The van der Waals surface area contributed by atoms with Crippen LogP contribution in [0.3, 0.4) is 0 Å². The van der Waals surface area contributed by atoms with Crippen molar-refractivity contribution in [2.75, 3.05) is 0 Å². The second-order valence-electron chi connectivity index (χ2n) is 3.95. The van der Waals surface area contributed by atoms with Crippen molar-refractivity contribution >= 4 is 52.4 Å². The molecule has 0 saturated heterocycles. The molecule has 0 radical (unpaired) electrons. The minimum Gasteiger partial charge on any atom is -0.481 e. The first-order valence-corrected chi connectivity index (χ1v) is 6.92. The van der Waals surface area contributed by atoms with E-state index in [0.29, 0.717) is 27.0 Å². The van der Waals surface area contributed by atoms with E-state index < -0.39 is 5.97 Å². The molecule has 0 bridgehead atoms. The second-order valence-corrected chi connectivity index (χ2v) is 5.58. The Morgan fingerprint density at radius 1 is 1.10 bits per heavy atom. The molecule has 3 nitrogen and oxygen atoms in total. The quantitative estimate of drug-likeness (QED) is 0.793. The highest BCUT2D eigenvalue weighted by Gasteiger charge is 2.15. The van der Waals surface area contributed by atoms with Crippen LogP contribution in [-0.2, 0) is 11.2 Å². The molecule has 0 aliphatic heterocycles. The Labute approximate surface area is 135 Å². The molecule has 0 aliphatic rings. The third-order valence-electron chi connectivity index (χ3n) is 2.48. The van der Waals surface area contributed by atoms with Gasteiger partial charge in [0.2, 0.25) is 0 Å². The van der Waals surface area contributed by atoms with E-state index in [9.17, 15) is 4.79 Å². The number of hydrogen-bond acceptors (Lipinski definition) is 2. The molecule has 0 fully saturated rings. The van der Waals surface area contributed by atoms with Crippen molar-refractivity contribution in [2.45, 2.75) is 6.42 Å². The number of benzene rings is 1. The number of nitrogens with zero attached hydrogens (tertiary/aromatic N) is 1. The highest BCUT2D eigenvalue weighted by Crippen LogP contribution is 2.38. The number of carboxylic acids is 1. The maximum atomic E-state index is 10.7. The Morgan fingerprint density at radius 2 is 1.80 bits per heavy atom. The van der Waals surface area contributed by atoms with Gasteiger partial charge >= 0.3 is 5.97 Å². The van der Waals surface area contributed by atoms with Gasteiger partial charge in [-0.2, -0.15) is 0 Å². The smallest absolute Gasteiger partial charge is 0.309 e. The number of aromatic nitrogens is 1. The first-order valence-electron chi connectivity index (χ1n) is 5.40. The van der Waals surface area contributed by atoms with Gasteiger partial charge in [0, 0.05) is 10.6 Å². The van der Waals surface area contributed by atoms with Crippen LogP contribution in [0.4, 0.5) is 0 Å². The van der Waals surface area contributed by atoms with Crippen molar-refractivity contribution in [3.8, 4) is 11.3 Å². The topological polar surface area (TPSA) is 50.2 Å². The maximum Gasteiger partial charge on any atom is 0.309 e. The Kier molecular flexibility index (Phi) is 4.76. The molecule has 1 N–H and O–H groups in total. The van der Waals surface area contributed by atoms with Gasteiger partial charge < -0.3 is 5.11 Å². The zero-order valence-corrected chi connectivity index (χ0v) is 12.9. The molecule has 1 aromatic carbocycles. The van der Waals surface area contributed by atoms with Crippen LogP contribution in [-0.4, -0.2) is 16.1 Å². The summed E-state index contributed by atoms with van der Waals surface area (Å²) < 4.78 is 0. The molecule has 1 heterocycles. The van der Waals surface area contributed by atoms with Crippen LogP contribution >= 0.6 is 46.4 Å². The summed E-state index contributed by atoms with van der Waals surface area (Å²) in [5, 5.41) is 10.1. The zero-order valence-electron chi connectivity index (χ0n) is 9.83. The lowest BCUT2D eigenvalue weighted by atomic mass is 10.1. The molecule has 20 heavy (non-hydrogen) atoms. The molecule has 2 rings (SSSR count). The number of hydrogen-bond donors (Lipinski definition) is 1. The van der Waals surface area contributed by atoms with Crippen molar-refractivity contribution in [3.05, 3.63) is 50.0 Å². The van der Waals surface area contributed by atoms with Crippen LogP contribution in [0.1, 0.15) is 5.69 Å². The molecule has 104 valence electrons. The van der Waals surface area contributed by atoms with E-state index in [2.05, 4.69) is 4.98 Å². The third kappa shape index (κ3) is 3.36. The summed E-state index contributed by atoms with van der Waals surface area (Å²) in [4.78, 5) is 14.9. The monoisotopic (exact) mass is 349 g/mol. The van der Waals surface area contributed by atoms with Crippen molar-refractivity contribution in [1.82, 2.24) is 4.98 Å². The van der Waals surface area contributed by atoms with Gasteiger partial charge in [0.1, 0.15) is 0 Å². The van der Waals surface area contributed by atoms with Crippen molar-refractivity contribution in [3.63, 3.8) is 0 Å². The summed E-state index contributed by atoms with van der Waals surface area (Å²) in [6, 6.07) is 6.19. The summed E-state index contributed by atoms with van der Waals surface area (Å²) in [5.74, 6) is -0.985. The lowest BCUT2D eigenvalue weighted by molar-refractivity contribution is -0.136. The Morgan fingerprint density at radius 3 is 2.45 bits per heavy atom.